The van der Waals surface area contributed by atoms with Crippen LogP contribution in [-0.2, 0) is 0 Å². The molecule has 0 fully saturated rings. The fourth-order valence-corrected chi connectivity index (χ4v) is 1.90. The van der Waals surface area contributed by atoms with E-state index >= 15 is 0 Å². The number of hydrogen-bond acceptors (Lipinski definition) is 2. The molecule has 0 radical (unpaired) electrons. The molecule has 0 saturated heterocycles. The highest BCUT2D eigenvalue weighted by Gasteiger charge is 2.06. The Balaban J connectivity index is 2.00. The van der Waals surface area contributed by atoms with Crippen LogP contribution in [0.25, 0.3) is 22.8 Å². The van der Waals surface area contributed by atoms with Crippen molar-refractivity contribution in [2.45, 2.75) is 6.92 Å². The van der Waals surface area contributed by atoms with Gasteiger partial charge in [-0.1, -0.05) is 54.1 Å². The van der Waals surface area contributed by atoms with Crippen LogP contribution in [0.5, 0.6) is 0 Å². The Labute approximate surface area is 106 Å². The number of aryl methyl sites for hydroxylation is 1. The molecule has 2 aromatic carbocycles. The molecule has 1 N–H and O–H groups in total. The summed E-state index contributed by atoms with van der Waals surface area (Å²) in [5.74, 6) is 1.53. The Hall–Kier alpha value is -2.42. The van der Waals surface area contributed by atoms with E-state index in [0.29, 0.717) is 0 Å². The molecule has 1 aromatic heterocycles. The van der Waals surface area contributed by atoms with Crippen LogP contribution >= 0.6 is 0 Å². The van der Waals surface area contributed by atoms with E-state index in [2.05, 4.69) is 34.2 Å². The van der Waals surface area contributed by atoms with E-state index in [9.17, 15) is 0 Å². The van der Waals surface area contributed by atoms with Gasteiger partial charge in [0.1, 0.15) is 0 Å². The molecule has 3 heteroatoms. The second kappa shape index (κ2) is 4.45. The summed E-state index contributed by atoms with van der Waals surface area (Å²) in [6.07, 6.45) is 0. The van der Waals surface area contributed by atoms with Gasteiger partial charge in [-0.25, -0.2) is 4.98 Å². The van der Waals surface area contributed by atoms with E-state index in [1.165, 1.54) is 5.56 Å². The van der Waals surface area contributed by atoms with Crippen LogP contribution in [0.3, 0.4) is 0 Å². The summed E-state index contributed by atoms with van der Waals surface area (Å²) >= 11 is 0. The second-order valence-electron chi connectivity index (χ2n) is 4.24. The van der Waals surface area contributed by atoms with Crippen LogP contribution in [0.15, 0.2) is 54.6 Å². The Kier molecular flexibility index (Phi) is 2.65. The van der Waals surface area contributed by atoms with Gasteiger partial charge in [-0.15, -0.1) is 0 Å². The maximum atomic E-state index is 4.53. The summed E-state index contributed by atoms with van der Waals surface area (Å²) < 4.78 is 0. The zero-order valence-corrected chi connectivity index (χ0v) is 10.1. The number of aromatic amines is 1. The summed E-state index contributed by atoms with van der Waals surface area (Å²) in [4.78, 5) is 4.53. The second-order valence-corrected chi connectivity index (χ2v) is 4.24. The maximum absolute atomic E-state index is 4.53. The van der Waals surface area contributed by atoms with Crippen LogP contribution in [0.1, 0.15) is 5.56 Å². The van der Waals surface area contributed by atoms with Crippen molar-refractivity contribution in [3.05, 3.63) is 60.2 Å². The molecule has 18 heavy (non-hydrogen) atoms. The minimum absolute atomic E-state index is 0.734. The van der Waals surface area contributed by atoms with E-state index in [1.54, 1.807) is 0 Å². The minimum atomic E-state index is 0.734. The zero-order chi connectivity index (χ0) is 12.4. The van der Waals surface area contributed by atoms with Gasteiger partial charge < -0.3 is 0 Å². The van der Waals surface area contributed by atoms with E-state index in [0.717, 1.165) is 22.8 Å². The number of nitrogens with one attached hydrogen (secondary N) is 1. The Morgan fingerprint density at radius 1 is 0.889 bits per heavy atom. The van der Waals surface area contributed by atoms with Crippen molar-refractivity contribution < 1.29 is 0 Å². The summed E-state index contributed by atoms with van der Waals surface area (Å²) in [6, 6.07) is 18.2. The fourth-order valence-electron chi connectivity index (χ4n) is 1.90. The van der Waals surface area contributed by atoms with E-state index < -0.39 is 0 Å². The minimum Gasteiger partial charge on any atom is -0.259 e. The van der Waals surface area contributed by atoms with Crippen molar-refractivity contribution >= 4 is 0 Å². The molecule has 0 unspecified atom stereocenters. The fraction of sp³-hybridized carbons (Fsp3) is 0.0667. The van der Waals surface area contributed by atoms with E-state index in [1.807, 2.05) is 42.5 Å². The van der Waals surface area contributed by atoms with Gasteiger partial charge in [0.05, 0.1) is 0 Å². The Bertz CT molecular complexity index is 656. The topological polar surface area (TPSA) is 41.6 Å². The van der Waals surface area contributed by atoms with Crippen molar-refractivity contribution in [2.75, 3.05) is 0 Å². The molecule has 0 aliphatic carbocycles. The third kappa shape index (κ3) is 2.02. The summed E-state index contributed by atoms with van der Waals surface area (Å²) in [7, 11) is 0. The average molecular weight is 235 g/mol. The zero-order valence-electron chi connectivity index (χ0n) is 10.1. The third-order valence-corrected chi connectivity index (χ3v) is 2.81. The van der Waals surface area contributed by atoms with Crippen molar-refractivity contribution in [2.24, 2.45) is 0 Å². The van der Waals surface area contributed by atoms with Crippen molar-refractivity contribution in [3.8, 4) is 22.8 Å². The number of rotatable bonds is 2. The highest BCUT2D eigenvalue weighted by molar-refractivity contribution is 5.61. The summed E-state index contributed by atoms with van der Waals surface area (Å²) in [5, 5.41) is 7.25. The van der Waals surface area contributed by atoms with Gasteiger partial charge in [-0.2, -0.15) is 5.10 Å². The number of benzene rings is 2. The van der Waals surface area contributed by atoms with Crippen molar-refractivity contribution in [1.29, 1.82) is 0 Å². The molecule has 0 aliphatic heterocycles. The quantitative estimate of drug-likeness (QED) is 0.739. The standard InChI is InChI=1S/C15H13N3/c1-11-6-5-9-13(10-11)15-16-14(17-18-15)12-7-3-2-4-8-12/h2-10H,1H3,(H,16,17,18). The van der Waals surface area contributed by atoms with Crippen LogP contribution in [0, 0.1) is 6.92 Å². The molecule has 0 bridgehead atoms. The highest BCUT2D eigenvalue weighted by atomic mass is 15.2. The van der Waals surface area contributed by atoms with Gasteiger partial charge in [0.15, 0.2) is 11.6 Å². The van der Waals surface area contributed by atoms with Crippen molar-refractivity contribution in [3.63, 3.8) is 0 Å². The molecular formula is C15H13N3. The van der Waals surface area contributed by atoms with Crippen LogP contribution in [0.4, 0.5) is 0 Å². The molecule has 0 amide bonds. The molecule has 88 valence electrons. The molecule has 0 atom stereocenters. The van der Waals surface area contributed by atoms with E-state index in [-0.39, 0.29) is 0 Å². The van der Waals surface area contributed by atoms with E-state index in [4.69, 9.17) is 0 Å². The Morgan fingerprint density at radius 3 is 2.44 bits per heavy atom. The third-order valence-electron chi connectivity index (χ3n) is 2.81. The number of aromatic nitrogens is 3. The first-order chi connectivity index (χ1) is 8.83. The molecule has 1 heterocycles. The molecule has 0 spiro atoms. The van der Waals surface area contributed by atoms with Gasteiger partial charge in [0, 0.05) is 11.1 Å². The van der Waals surface area contributed by atoms with Crippen LogP contribution < -0.4 is 0 Å². The summed E-state index contributed by atoms with van der Waals surface area (Å²) in [5.41, 5.74) is 3.29. The lowest BCUT2D eigenvalue weighted by Gasteiger charge is -1.96. The average Bonchev–Trinajstić information content (AvgIpc) is 2.89. The number of nitrogens with zero attached hydrogens (tertiary/aromatic N) is 2. The van der Waals surface area contributed by atoms with Gasteiger partial charge >= 0.3 is 0 Å². The van der Waals surface area contributed by atoms with Crippen molar-refractivity contribution in [1.82, 2.24) is 15.2 Å². The monoisotopic (exact) mass is 235 g/mol. The Morgan fingerprint density at radius 2 is 1.67 bits per heavy atom. The molecule has 0 aliphatic rings. The van der Waals surface area contributed by atoms with Crippen LogP contribution in [0.2, 0.25) is 0 Å². The molecule has 3 aromatic rings. The smallest absolute Gasteiger partial charge is 0.181 e. The lowest BCUT2D eigenvalue weighted by Crippen LogP contribution is -1.82. The lowest BCUT2D eigenvalue weighted by molar-refractivity contribution is 1.10. The first-order valence-electron chi connectivity index (χ1n) is 5.88. The van der Waals surface area contributed by atoms with Gasteiger partial charge in [0.25, 0.3) is 0 Å². The van der Waals surface area contributed by atoms with Crippen LogP contribution in [-0.4, -0.2) is 15.2 Å². The first-order valence-corrected chi connectivity index (χ1v) is 5.88. The highest BCUT2D eigenvalue weighted by Crippen LogP contribution is 2.20. The molecular weight excluding hydrogens is 222 g/mol. The SMILES string of the molecule is Cc1cccc(-c2n[nH]c(-c3ccccc3)n2)c1. The largest absolute Gasteiger partial charge is 0.259 e. The first kappa shape index (κ1) is 10.7. The number of H-pyrrole nitrogens is 1. The summed E-state index contributed by atoms with van der Waals surface area (Å²) in [6.45, 7) is 2.06. The molecule has 0 saturated carbocycles. The predicted octanol–water partition coefficient (Wildman–Crippen LogP) is 3.45. The number of hydrogen-bond donors (Lipinski definition) is 1. The lowest BCUT2D eigenvalue weighted by atomic mass is 10.1. The van der Waals surface area contributed by atoms with Gasteiger partial charge in [0.2, 0.25) is 0 Å². The van der Waals surface area contributed by atoms with Gasteiger partial charge in [-0.05, 0) is 13.0 Å². The van der Waals surface area contributed by atoms with Gasteiger partial charge in [-0.3, -0.25) is 5.10 Å². The molecule has 3 nitrogen and oxygen atoms in total. The molecule has 3 rings (SSSR count). The predicted molar refractivity (Wildman–Crippen MR) is 72.0 cm³/mol. The normalized spacial score (nSPS) is 10.5. The maximum Gasteiger partial charge on any atom is 0.181 e.